The number of hydrogen-bond donors (Lipinski definition) is 0. The fraction of sp³-hybridized carbons (Fsp3) is 0.250. The maximum Gasteiger partial charge on any atom is 0.312 e. The van der Waals surface area contributed by atoms with Gasteiger partial charge in [-0.25, -0.2) is 4.98 Å². The number of thiophene rings is 1. The van der Waals surface area contributed by atoms with Gasteiger partial charge in [0.05, 0.1) is 12.1 Å². The number of amides is 1. The predicted octanol–water partition coefficient (Wildman–Crippen LogP) is 3.54. The van der Waals surface area contributed by atoms with Gasteiger partial charge in [-0.2, -0.15) is 11.3 Å². The van der Waals surface area contributed by atoms with Crippen molar-refractivity contribution in [2.45, 2.75) is 19.4 Å². The summed E-state index contributed by atoms with van der Waals surface area (Å²) in [6, 6.07) is 10.1. The van der Waals surface area contributed by atoms with Crippen LogP contribution in [0.15, 0.2) is 46.5 Å². The number of ether oxygens (including phenoxy) is 1. The summed E-state index contributed by atoms with van der Waals surface area (Å²) in [5, 5.41) is 6.77. The van der Waals surface area contributed by atoms with Gasteiger partial charge >= 0.3 is 5.97 Å². The number of benzene rings is 1. The minimum Gasteiger partial charge on any atom is -0.455 e. The molecule has 1 aliphatic rings. The number of esters is 1. The molecule has 0 saturated carbocycles. The van der Waals surface area contributed by atoms with Gasteiger partial charge in [-0.15, -0.1) is 11.3 Å². The van der Waals surface area contributed by atoms with Crippen molar-refractivity contribution in [3.8, 4) is 10.6 Å². The maximum absolute atomic E-state index is 12.4. The molecule has 0 fully saturated rings. The first-order chi connectivity index (χ1) is 13.2. The van der Waals surface area contributed by atoms with Crippen molar-refractivity contribution in [3.63, 3.8) is 0 Å². The third kappa shape index (κ3) is 4.26. The second-order valence-corrected chi connectivity index (χ2v) is 7.97. The second kappa shape index (κ2) is 8.02. The van der Waals surface area contributed by atoms with Crippen LogP contribution in [-0.2, 0) is 33.7 Å². The molecule has 0 atom stereocenters. The molecule has 5 nitrogen and oxygen atoms in total. The fourth-order valence-electron chi connectivity index (χ4n) is 3.05. The first kappa shape index (κ1) is 17.9. The quantitative estimate of drug-likeness (QED) is 0.617. The molecule has 0 unspecified atom stereocenters. The molecule has 3 aromatic rings. The Bertz CT molecular complexity index is 950. The van der Waals surface area contributed by atoms with E-state index in [0.717, 1.165) is 22.6 Å². The van der Waals surface area contributed by atoms with E-state index in [1.807, 2.05) is 40.4 Å². The highest BCUT2D eigenvalue weighted by Crippen LogP contribution is 2.26. The van der Waals surface area contributed by atoms with Crippen molar-refractivity contribution in [3.05, 3.63) is 63.3 Å². The molecule has 0 spiro atoms. The second-order valence-electron chi connectivity index (χ2n) is 6.33. The highest BCUT2D eigenvalue weighted by atomic mass is 32.1. The van der Waals surface area contributed by atoms with Crippen LogP contribution < -0.4 is 0 Å². The van der Waals surface area contributed by atoms with Crippen molar-refractivity contribution in [1.82, 2.24) is 9.88 Å². The number of fused-ring (bicyclic) bond motifs is 1. The van der Waals surface area contributed by atoms with E-state index in [9.17, 15) is 9.59 Å². The van der Waals surface area contributed by atoms with Crippen LogP contribution in [0.4, 0.5) is 0 Å². The van der Waals surface area contributed by atoms with Crippen molar-refractivity contribution >= 4 is 34.6 Å². The highest BCUT2D eigenvalue weighted by molar-refractivity contribution is 7.14. The van der Waals surface area contributed by atoms with Crippen molar-refractivity contribution in [2.75, 3.05) is 13.2 Å². The molecular formula is C20H18N2O3S2. The number of thiazole rings is 1. The minimum atomic E-state index is -0.428. The van der Waals surface area contributed by atoms with E-state index in [0.29, 0.717) is 18.8 Å². The van der Waals surface area contributed by atoms with Crippen LogP contribution in [0.2, 0.25) is 0 Å². The van der Waals surface area contributed by atoms with Crippen LogP contribution in [0, 0.1) is 0 Å². The number of hydrogen-bond acceptors (Lipinski definition) is 6. The number of carbonyl (C=O) groups is 2. The number of carbonyl (C=O) groups excluding carboxylic acids is 2. The summed E-state index contributed by atoms with van der Waals surface area (Å²) in [7, 11) is 0. The Kier molecular flexibility index (Phi) is 5.31. The van der Waals surface area contributed by atoms with Crippen LogP contribution in [0.3, 0.4) is 0 Å². The summed E-state index contributed by atoms with van der Waals surface area (Å²) in [6.07, 6.45) is 0.913. The summed E-state index contributed by atoms with van der Waals surface area (Å²) in [5.41, 5.74) is 4.17. The largest absolute Gasteiger partial charge is 0.455 e. The molecule has 27 heavy (non-hydrogen) atoms. The van der Waals surface area contributed by atoms with Gasteiger partial charge in [0.25, 0.3) is 5.91 Å². The maximum atomic E-state index is 12.4. The number of rotatable bonds is 5. The van der Waals surface area contributed by atoms with E-state index >= 15 is 0 Å². The van der Waals surface area contributed by atoms with Crippen molar-refractivity contribution in [1.29, 1.82) is 0 Å². The van der Waals surface area contributed by atoms with Crippen LogP contribution in [0.25, 0.3) is 10.6 Å². The third-order valence-electron chi connectivity index (χ3n) is 4.49. The zero-order chi connectivity index (χ0) is 18.6. The van der Waals surface area contributed by atoms with Gasteiger partial charge in [0.1, 0.15) is 5.01 Å². The summed E-state index contributed by atoms with van der Waals surface area (Å²) in [6.45, 7) is 1.01. The summed E-state index contributed by atoms with van der Waals surface area (Å²) in [4.78, 5) is 30.6. The normalized spacial score (nSPS) is 13.3. The predicted molar refractivity (Wildman–Crippen MR) is 106 cm³/mol. The first-order valence-corrected chi connectivity index (χ1v) is 10.5. The van der Waals surface area contributed by atoms with E-state index < -0.39 is 5.97 Å². The van der Waals surface area contributed by atoms with Crippen LogP contribution in [0.1, 0.15) is 16.8 Å². The lowest BCUT2D eigenvalue weighted by Gasteiger charge is -2.28. The van der Waals surface area contributed by atoms with E-state index in [1.165, 1.54) is 16.9 Å². The smallest absolute Gasteiger partial charge is 0.312 e. The molecule has 138 valence electrons. The molecule has 4 rings (SSSR count). The Balaban J connectivity index is 1.28. The Labute approximate surface area is 165 Å². The standard InChI is InChI=1S/C20H18N2O3S2/c23-18(22-7-5-14-3-1-2-4-15(14)10-22)11-25-19(24)9-17-13-27-20(21-17)16-6-8-26-12-16/h1-4,6,8,12-13H,5,7,9-11H2. The molecule has 2 aromatic heterocycles. The van der Waals surface area contributed by atoms with Gasteiger partial charge in [-0.3, -0.25) is 9.59 Å². The van der Waals surface area contributed by atoms with Gasteiger partial charge in [0.15, 0.2) is 6.61 Å². The van der Waals surface area contributed by atoms with E-state index in [4.69, 9.17) is 4.74 Å². The van der Waals surface area contributed by atoms with Gasteiger partial charge in [0, 0.05) is 29.4 Å². The fourth-order valence-corrected chi connectivity index (χ4v) is 4.58. The van der Waals surface area contributed by atoms with Crippen molar-refractivity contribution in [2.24, 2.45) is 0 Å². The van der Waals surface area contributed by atoms with E-state index in [-0.39, 0.29) is 18.9 Å². The zero-order valence-electron chi connectivity index (χ0n) is 14.6. The molecule has 3 heterocycles. The Morgan fingerprint density at radius 1 is 1.15 bits per heavy atom. The zero-order valence-corrected chi connectivity index (χ0v) is 16.2. The molecule has 0 aliphatic carbocycles. The van der Waals surface area contributed by atoms with Crippen LogP contribution in [-0.4, -0.2) is 34.9 Å². The molecular weight excluding hydrogens is 380 g/mol. The SMILES string of the molecule is O=C(Cc1csc(-c2ccsc2)n1)OCC(=O)N1CCc2ccccc2C1. The minimum absolute atomic E-state index is 0.0801. The molecule has 1 amide bonds. The first-order valence-electron chi connectivity index (χ1n) is 8.66. The van der Waals surface area contributed by atoms with Crippen LogP contribution in [0.5, 0.6) is 0 Å². The van der Waals surface area contributed by atoms with Gasteiger partial charge in [-0.05, 0) is 29.0 Å². The molecule has 0 N–H and O–H groups in total. The highest BCUT2D eigenvalue weighted by Gasteiger charge is 2.21. The van der Waals surface area contributed by atoms with E-state index in [1.54, 1.807) is 16.2 Å². The van der Waals surface area contributed by atoms with Crippen molar-refractivity contribution < 1.29 is 14.3 Å². The Morgan fingerprint density at radius 3 is 2.81 bits per heavy atom. The lowest BCUT2D eigenvalue weighted by molar-refractivity contribution is -0.151. The van der Waals surface area contributed by atoms with Gasteiger partial charge in [-0.1, -0.05) is 24.3 Å². The lowest BCUT2D eigenvalue weighted by Crippen LogP contribution is -2.38. The summed E-state index contributed by atoms with van der Waals surface area (Å²) >= 11 is 3.11. The molecule has 0 saturated heterocycles. The van der Waals surface area contributed by atoms with E-state index in [2.05, 4.69) is 11.1 Å². The third-order valence-corrected chi connectivity index (χ3v) is 6.11. The number of aromatic nitrogens is 1. The molecule has 7 heteroatoms. The summed E-state index contributed by atoms with van der Waals surface area (Å²) in [5.74, 6) is -0.585. The molecule has 0 bridgehead atoms. The Hall–Kier alpha value is -2.51. The van der Waals surface area contributed by atoms with Gasteiger partial charge < -0.3 is 9.64 Å². The number of nitrogens with zero attached hydrogens (tertiary/aromatic N) is 2. The van der Waals surface area contributed by atoms with Crippen LogP contribution >= 0.6 is 22.7 Å². The summed E-state index contributed by atoms with van der Waals surface area (Å²) < 4.78 is 5.19. The average Bonchev–Trinajstić information content (AvgIpc) is 3.37. The monoisotopic (exact) mass is 398 g/mol. The Morgan fingerprint density at radius 2 is 2.00 bits per heavy atom. The molecule has 1 aromatic carbocycles. The van der Waals surface area contributed by atoms with Gasteiger partial charge in [0.2, 0.25) is 0 Å². The molecule has 0 radical (unpaired) electrons. The molecule has 1 aliphatic heterocycles. The lowest BCUT2D eigenvalue weighted by atomic mass is 10.00. The topological polar surface area (TPSA) is 59.5 Å². The average molecular weight is 399 g/mol.